The molecule has 2 N–H and O–H groups in total. The molecule has 1 heterocycles. The Labute approximate surface area is 126 Å². The van der Waals surface area contributed by atoms with Gasteiger partial charge in [0.15, 0.2) is 0 Å². The SMILES string of the molecule is Cc1nn(CCC(=O)Nc2ccccc2O)c(C)c1[N+](=O)[O-]. The van der Waals surface area contributed by atoms with Gasteiger partial charge in [0, 0.05) is 6.42 Å². The van der Waals surface area contributed by atoms with E-state index in [0.717, 1.165) is 0 Å². The van der Waals surface area contributed by atoms with Crippen LogP contribution in [0.5, 0.6) is 5.75 Å². The number of amides is 1. The number of para-hydroxylation sites is 2. The quantitative estimate of drug-likeness (QED) is 0.499. The molecule has 0 aliphatic heterocycles. The molecule has 8 heteroatoms. The number of anilines is 1. The lowest BCUT2D eigenvalue weighted by Gasteiger charge is -2.07. The van der Waals surface area contributed by atoms with E-state index in [2.05, 4.69) is 10.4 Å². The number of carbonyl (C=O) groups is 1. The Balaban J connectivity index is 2.02. The second kappa shape index (κ2) is 6.25. The molecule has 2 aromatic rings. The molecule has 0 fully saturated rings. The summed E-state index contributed by atoms with van der Waals surface area (Å²) >= 11 is 0. The first-order valence-electron chi connectivity index (χ1n) is 6.66. The Morgan fingerprint density at radius 3 is 2.68 bits per heavy atom. The highest BCUT2D eigenvalue weighted by atomic mass is 16.6. The van der Waals surface area contributed by atoms with Crippen LogP contribution in [0, 0.1) is 24.0 Å². The van der Waals surface area contributed by atoms with Gasteiger partial charge < -0.3 is 10.4 Å². The smallest absolute Gasteiger partial charge is 0.312 e. The zero-order valence-corrected chi connectivity index (χ0v) is 12.2. The van der Waals surface area contributed by atoms with E-state index >= 15 is 0 Å². The Morgan fingerprint density at radius 1 is 1.41 bits per heavy atom. The summed E-state index contributed by atoms with van der Waals surface area (Å²) in [4.78, 5) is 22.3. The molecule has 0 saturated carbocycles. The highest BCUT2D eigenvalue weighted by Gasteiger charge is 2.21. The van der Waals surface area contributed by atoms with E-state index in [4.69, 9.17) is 0 Å². The van der Waals surface area contributed by atoms with Crippen molar-refractivity contribution in [1.29, 1.82) is 0 Å². The molecular weight excluding hydrogens is 288 g/mol. The number of aryl methyl sites for hydroxylation is 2. The molecule has 0 radical (unpaired) electrons. The second-order valence-electron chi connectivity index (χ2n) is 4.82. The maximum atomic E-state index is 11.9. The average molecular weight is 304 g/mol. The second-order valence-corrected chi connectivity index (χ2v) is 4.82. The minimum Gasteiger partial charge on any atom is -0.506 e. The van der Waals surface area contributed by atoms with Crippen LogP contribution in [0.3, 0.4) is 0 Å². The lowest BCUT2D eigenvalue weighted by atomic mass is 10.3. The number of carbonyl (C=O) groups excluding carboxylic acids is 1. The summed E-state index contributed by atoms with van der Waals surface area (Å²) in [6.45, 7) is 3.38. The van der Waals surface area contributed by atoms with Gasteiger partial charge in [-0.05, 0) is 26.0 Å². The van der Waals surface area contributed by atoms with Gasteiger partial charge in [0.1, 0.15) is 17.1 Å². The van der Waals surface area contributed by atoms with Crippen LogP contribution in [-0.2, 0) is 11.3 Å². The fourth-order valence-corrected chi connectivity index (χ4v) is 2.17. The van der Waals surface area contributed by atoms with Crippen molar-refractivity contribution in [2.24, 2.45) is 0 Å². The van der Waals surface area contributed by atoms with Crippen LogP contribution in [0.15, 0.2) is 24.3 Å². The van der Waals surface area contributed by atoms with E-state index in [-0.39, 0.29) is 30.3 Å². The molecule has 0 aliphatic carbocycles. The Hall–Kier alpha value is -2.90. The summed E-state index contributed by atoms with van der Waals surface area (Å²) in [5.41, 5.74) is 1.04. The standard InChI is InChI=1S/C14H16N4O4/c1-9-14(18(21)22)10(2)17(16-9)8-7-13(20)15-11-5-3-4-6-12(11)19/h3-6,19H,7-8H2,1-2H3,(H,15,20). The lowest BCUT2D eigenvalue weighted by Crippen LogP contribution is -2.15. The summed E-state index contributed by atoms with van der Waals surface area (Å²) in [6, 6.07) is 6.40. The minimum atomic E-state index is -0.476. The van der Waals surface area contributed by atoms with Crippen LogP contribution in [0.2, 0.25) is 0 Å². The third-order valence-corrected chi connectivity index (χ3v) is 3.25. The third kappa shape index (κ3) is 3.22. The number of aromatic nitrogens is 2. The lowest BCUT2D eigenvalue weighted by molar-refractivity contribution is -0.386. The Morgan fingerprint density at radius 2 is 2.09 bits per heavy atom. The average Bonchev–Trinajstić information content (AvgIpc) is 2.73. The zero-order valence-electron chi connectivity index (χ0n) is 12.2. The van der Waals surface area contributed by atoms with E-state index < -0.39 is 4.92 Å². The van der Waals surface area contributed by atoms with Crippen LogP contribution >= 0.6 is 0 Å². The number of nitrogens with one attached hydrogen (secondary N) is 1. The minimum absolute atomic E-state index is 0.0161. The van der Waals surface area contributed by atoms with Crippen molar-refractivity contribution in [2.75, 3.05) is 5.32 Å². The fourth-order valence-electron chi connectivity index (χ4n) is 2.17. The number of hydrogen-bond donors (Lipinski definition) is 2. The molecule has 0 bridgehead atoms. The number of benzene rings is 1. The van der Waals surface area contributed by atoms with Gasteiger partial charge in [-0.25, -0.2) is 0 Å². The van der Waals surface area contributed by atoms with Crippen molar-refractivity contribution in [2.45, 2.75) is 26.8 Å². The zero-order chi connectivity index (χ0) is 16.3. The van der Waals surface area contributed by atoms with E-state index in [1.807, 2.05) is 0 Å². The molecule has 2 rings (SSSR count). The van der Waals surface area contributed by atoms with Gasteiger partial charge in [-0.3, -0.25) is 19.6 Å². The van der Waals surface area contributed by atoms with Crippen molar-refractivity contribution in [3.05, 3.63) is 45.8 Å². The summed E-state index contributed by atoms with van der Waals surface area (Å²) < 4.78 is 1.44. The summed E-state index contributed by atoms with van der Waals surface area (Å²) in [5, 5.41) is 27.2. The van der Waals surface area contributed by atoms with Gasteiger partial charge >= 0.3 is 5.69 Å². The molecule has 1 aromatic carbocycles. The molecule has 0 atom stereocenters. The fraction of sp³-hybridized carbons (Fsp3) is 0.286. The molecule has 0 spiro atoms. The highest BCUT2D eigenvalue weighted by molar-refractivity contribution is 5.92. The van der Waals surface area contributed by atoms with E-state index in [1.54, 1.807) is 32.0 Å². The maximum absolute atomic E-state index is 11.9. The van der Waals surface area contributed by atoms with Gasteiger partial charge in [0.05, 0.1) is 17.2 Å². The van der Waals surface area contributed by atoms with E-state index in [9.17, 15) is 20.0 Å². The predicted octanol–water partition coefficient (Wildman–Crippen LogP) is 2.14. The number of hydrogen-bond acceptors (Lipinski definition) is 5. The number of rotatable bonds is 5. The predicted molar refractivity (Wildman–Crippen MR) is 79.7 cm³/mol. The van der Waals surface area contributed by atoms with Crippen molar-refractivity contribution in [3.63, 3.8) is 0 Å². The monoisotopic (exact) mass is 304 g/mol. The molecule has 0 unspecified atom stereocenters. The van der Waals surface area contributed by atoms with Crippen molar-refractivity contribution in [1.82, 2.24) is 9.78 Å². The Kier molecular flexibility index (Phi) is 4.40. The van der Waals surface area contributed by atoms with Gasteiger partial charge in [-0.2, -0.15) is 5.10 Å². The highest BCUT2D eigenvalue weighted by Crippen LogP contribution is 2.23. The molecule has 1 aromatic heterocycles. The van der Waals surface area contributed by atoms with Crippen molar-refractivity contribution < 1.29 is 14.8 Å². The molecule has 8 nitrogen and oxygen atoms in total. The molecular formula is C14H16N4O4. The van der Waals surface area contributed by atoms with Crippen LogP contribution in [0.1, 0.15) is 17.8 Å². The van der Waals surface area contributed by atoms with Crippen LogP contribution in [0.4, 0.5) is 11.4 Å². The molecule has 0 aliphatic rings. The molecule has 22 heavy (non-hydrogen) atoms. The van der Waals surface area contributed by atoms with E-state index in [1.165, 1.54) is 10.7 Å². The number of phenolic OH excluding ortho intramolecular Hbond substituents is 1. The third-order valence-electron chi connectivity index (χ3n) is 3.25. The molecule has 0 saturated heterocycles. The first kappa shape index (κ1) is 15.5. The van der Waals surface area contributed by atoms with Crippen molar-refractivity contribution >= 4 is 17.3 Å². The van der Waals surface area contributed by atoms with E-state index in [0.29, 0.717) is 17.1 Å². The van der Waals surface area contributed by atoms with Crippen LogP contribution < -0.4 is 5.32 Å². The molecule has 1 amide bonds. The van der Waals surface area contributed by atoms with Gasteiger partial charge in [-0.1, -0.05) is 12.1 Å². The first-order valence-corrected chi connectivity index (χ1v) is 6.66. The van der Waals surface area contributed by atoms with Gasteiger partial charge in [0.25, 0.3) is 0 Å². The number of phenols is 1. The largest absolute Gasteiger partial charge is 0.506 e. The summed E-state index contributed by atoms with van der Waals surface area (Å²) in [5.74, 6) is -0.325. The molecule has 116 valence electrons. The van der Waals surface area contributed by atoms with Gasteiger partial charge in [-0.15, -0.1) is 0 Å². The number of nitro groups is 1. The van der Waals surface area contributed by atoms with Gasteiger partial charge in [0.2, 0.25) is 5.91 Å². The first-order chi connectivity index (χ1) is 10.4. The van der Waals surface area contributed by atoms with Crippen molar-refractivity contribution in [3.8, 4) is 5.75 Å². The topological polar surface area (TPSA) is 110 Å². The normalized spacial score (nSPS) is 10.5. The number of nitrogens with zero attached hydrogens (tertiary/aromatic N) is 3. The summed E-state index contributed by atoms with van der Waals surface area (Å²) in [7, 11) is 0. The van der Waals surface area contributed by atoms with Crippen LogP contribution in [0.25, 0.3) is 0 Å². The maximum Gasteiger partial charge on any atom is 0.312 e. The number of aromatic hydroxyl groups is 1. The Bertz CT molecular complexity index is 724. The summed E-state index contributed by atoms with van der Waals surface area (Å²) in [6.07, 6.45) is 0.0907. The van der Waals surface area contributed by atoms with Crippen LogP contribution in [-0.4, -0.2) is 25.7 Å².